The van der Waals surface area contributed by atoms with Gasteiger partial charge in [0.05, 0.1) is 15.5 Å². The molecule has 9 heteroatoms. The van der Waals surface area contributed by atoms with Crippen molar-refractivity contribution in [3.8, 4) is 0 Å². The van der Waals surface area contributed by atoms with Gasteiger partial charge in [-0.05, 0) is 79.7 Å². The zero-order valence-corrected chi connectivity index (χ0v) is 27.3. The van der Waals surface area contributed by atoms with E-state index in [1.807, 2.05) is 28.0 Å². The third kappa shape index (κ3) is 6.53. The number of carbonyl (C=O) groups excluding carboxylic acids is 2. The van der Waals surface area contributed by atoms with Gasteiger partial charge in [-0.25, -0.2) is 0 Å². The van der Waals surface area contributed by atoms with Crippen LogP contribution in [0.1, 0.15) is 46.7 Å². The van der Waals surface area contributed by atoms with Gasteiger partial charge in [0.1, 0.15) is 0 Å². The van der Waals surface area contributed by atoms with Crippen LogP contribution in [0.5, 0.6) is 0 Å². The summed E-state index contributed by atoms with van der Waals surface area (Å²) in [5.41, 5.74) is 2.78. The zero-order chi connectivity index (χ0) is 28.6. The van der Waals surface area contributed by atoms with Gasteiger partial charge in [-0.1, -0.05) is 81.6 Å². The Balaban J connectivity index is 0.00000353. The van der Waals surface area contributed by atoms with Crippen molar-refractivity contribution in [2.24, 2.45) is 11.3 Å². The van der Waals surface area contributed by atoms with Crippen molar-refractivity contribution in [3.63, 3.8) is 0 Å². The van der Waals surface area contributed by atoms with Gasteiger partial charge in [-0.15, -0.1) is 12.4 Å². The van der Waals surface area contributed by atoms with E-state index < -0.39 is 0 Å². The number of nitrogens with zero attached hydrogens (tertiary/aromatic N) is 3. The number of piperidine rings is 1. The monoisotopic (exact) mass is 689 g/mol. The number of benzene rings is 3. The van der Waals surface area contributed by atoms with Crippen LogP contribution >= 0.6 is 51.5 Å². The number of halogens is 4. The highest BCUT2D eigenvalue weighted by molar-refractivity contribution is 9.10. The summed E-state index contributed by atoms with van der Waals surface area (Å²) in [6, 6.07) is 23.9. The molecule has 3 fully saturated rings. The van der Waals surface area contributed by atoms with Crippen molar-refractivity contribution in [1.82, 2.24) is 14.7 Å². The lowest BCUT2D eigenvalue weighted by molar-refractivity contribution is -0.139. The SMILES string of the molecule is Cl.O=C(c1ccc(Cl)c(Cl)c1)N1CC(CN2CCC3(CC2)CCN(Cc2ccc(Br)cc2)C3=O)C(c2ccccc2)C1. The van der Waals surface area contributed by atoms with E-state index >= 15 is 0 Å². The van der Waals surface area contributed by atoms with Gasteiger partial charge in [0.2, 0.25) is 5.91 Å². The normalized spacial score (nSPS) is 22.0. The van der Waals surface area contributed by atoms with Gasteiger partial charge < -0.3 is 14.7 Å². The Hall–Kier alpha value is -2.09. The van der Waals surface area contributed by atoms with Crippen molar-refractivity contribution in [1.29, 1.82) is 0 Å². The second-order valence-corrected chi connectivity index (χ2v) is 13.5. The van der Waals surface area contributed by atoms with Crippen LogP contribution in [0.25, 0.3) is 0 Å². The second kappa shape index (κ2) is 13.3. The van der Waals surface area contributed by atoms with Crippen LogP contribution in [0, 0.1) is 11.3 Å². The number of hydrogen-bond acceptors (Lipinski definition) is 3. The average Bonchev–Trinajstić information content (AvgIpc) is 3.54. The van der Waals surface area contributed by atoms with Gasteiger partial charge in [0, 0.05) is 48.7 Å². The molecule has 42 heavy (non-hydrogen) atoms. The van der Waals surface area contributed by atoms with Crippen LogP contribution in [-0.4, -0.2) is 65.8 Å². The minimum atomic E-state index is -0.226. The quantitative estimate of drug-likeness (QED) is 0.268. The summed E-state index contributed by atoms with van der Waals surface area (Å²) < 4.78 is 1.05. The largest absolute Gasteiger partial charge is 0.338 e. The Labute approximate surface area is 272 Å². The first-order valence-electron chi connectivity index (χ1n) is 14.4. The first-order chi connectivity index (χ1) is 19.8. The van der Waals surface area contributed by atoms with Crippen LogP contribution in [0.4, 0.5) is 0 Å². The van der Waals surface area contributed by atoms with Gasteiger partial charge in [0.15, 0.2) is 0 Å². The van der Waals surface area contributed by atoms with Gasteiger partial charge in [-0.3, -0.25) is 9.59 Å². The lowest BCUT2D eigenvalue weighted by atomic mass is 9.76. The molecule has 3 aliphatic rings. The molecule has 0 aliphatic carbocycles. The lowest BCUT2D eigenvalue weighted by Gasteiger charge is -2.39. The molecule has 3 aromatic carbocycles. The molecule has 2 unspecified atom stereocenters. The maximum atomic E-state index is 13.6. The van der Waals surface area contributed by atoms with Crippen LogP contribution in [0.3, 0.4) is 0 Å². The molecule has 3 aliphatic heterocycles. The smallest absolute Gasteiger partial charge is 0.253 e. The Bertz CT molecular complexity index is 1410. The molecule has 3 heterocycles. The van der Waals surface area contributed by atoms with Crippen molar-refractivity contribution in [2.45, 2.75) is 31.7 Å². The lowest BCUT2D eigenvalue weighted by Crippen LogP contribution is -2.46. The number of amides is 2. The summed E-state index contributed by atoms with van der Waals surface area (Å²) in [6.45, 7) is 5.63. The van der Waals surface area contributed by atoms with Crippen LogP contribution < -0.4 is 0 Å². The first kappa shape index (κ1) is 31.3. The molecule has 0 bridgehead atoms. The van der Waals surface area contributed by atoms with E-state index in [4.69, 9.17) is 23.2 Å². The Morgan fingerprint density at radius 2 is 1.57 bits per heavy atom. The van der Waals surface area contributed by atoms with Crippen molar-refractivity contribution in [3.05, 3.63) is 104 Å². The van der Waals surface area contributed by atoms with Crippen LogP contribution in [-0.2, 0) is 11.3 Å². The molecular weight excluding hydrogens is 657 g/mol. The fourth-order valence-corrected chi connectivity index (χ4v) is 7.49. The summed E-state index contributed by atoms with van der Waals surface area (Å²) in [7, 11) is 0. The molecule has 3 saturated heterocycles. The molecule has 0 saturated carbocycles. The highest BCUT2D eigenvalue weighted by Crippen LogP contribution is 2.43. The number of hydrogen-bond donors (Lipinski definition) is 0. The first-order valence-corrected chi connectivity index (χ1v) is 15.9. The number of rotatable bonds is 6. The predicted octanol–water partition coefficient (Wildman–Crippen LogP) is 7.55. The summed E-state index contributed by atoms with van der Waals surface area (Å²) in [5, 5.41) is 0.844. The topological polar surface area (TPSA) is 43.9 Å². The van der Waals surface area contributed by atoms with Crippen LogP contribution in [0.2, 0.25) is 10.0 Å². The second-order valence-electron chi connectivity index (χ2n) is 11.8. The minimum Gasteiger partial charge on any atom is -0.338 e. The van der Waals surface area contributed by atoms with E-state index in [0.29, 0.717) is 47.1 Å². The van der Waals surface area contributed by atoms with Crippen molar-refractivity contribution >= 4 is 63.4 Å². The van der Waals surface area contributed by atoms with Gasteiger partial charge in [0.25, 0.3) is 5.91 Å². The Morgan fingerprint density at radius 3 is 2.26 bits per heavy atom. The average molecular weight is 692 g/mol. The third-order valence-electron chi connectivity index (χ3n) is 9.32. The molecule has 2 amide bonds. The zero-order valence-electron chi connectivity index (χ0n) is 23.4. The molecule has 0 aromatic heterocycles. The van der Waals surface area contributed by atoms with E-state index in [-0.39, 0.29) is 29.6 Å². The van der Waals surface area contributed by atoms with Crippen molar-refractivity contribution in [2.75, 3.05) is 39.3 Å². The van der Waals surface area contributed by atoms with Gasteiger partial charge >= 0.3 is 0 Å². The molecule has 1 spiro atoms. The molecule has 0 N–H and O–H groups in total. The summed E-state index contributed by atoms with van der Waals surface area (Å²) in [4.78, 5) is 33.6. The van der Waals surface area contributed by atoms with Crippen LogP contribution in [0.15, 0.2) is 77.3 Å². The summed E-state index contributed by atoms with van der Waals surface area (Å²) in [5.74, 6) is 0.883. The molecule has 5 nitrogen and oxygen atoms in total. The number of likely N-dealkylation sites (tertiary alicyclic amines) is 3. The van der Waals surface area contributed by atoms with E-state index in [0.717, 1.165) is 49.9 Å². The Kier molecular flexibility index (Phi) is 9.90. The van der Waals surface area contributed by atoms with E-state index in [1.165, 1.54) is 11.1 Å². The molecule has 0 radical (unpaired) electrons. The van der Waals surface area contributed by atoms with E-state index in [2.05, 4.69) is 57.2 Å². The van der Waals surface area contributed by atoms with E-state index in [1.54, 1.807) is 18.2 Å². The fraction of sp³-hybridized carbons (Fsp3) is 0.394. The molecule has 222 valence electrons. The highest BCUT2D eigenvalue weighted by atomic mass is 79.9. The molecular formula is C33H35BrCl3N3O2. The molecule has 3 aromatic rings. The van der Waals surface area contributed by atoms with Crippen molar-refractivity contribution < 1.29 is 9.59 Å². The Morgan fingerprint density at radius 1 is 0.881 bits per heavy atom. The number of carbonyl (C=O) groups is 2. The third-order valence-corrected chi connectivity index (χ3v) is 10.6. The maximum absolute atomic E-state index is 13.6. The standard InChI is InChI=1S/C33H34BrCl2N3O2.ClH/c34-27-9-6-23(7-10-27)19-38-17-14-33(32(38)41)12-15-37(16-13-33)20-26-21-39(22-28(26)24-4-2-1-3-5-24)31(40)25-8-11-29(35)30(36)18-25;/h1-11,18,26,28H,12-17,19-22H2;1H. The summed E-state index contributed by atoms with van der Waals surface area (Å²) >= 11 is 15.8. The molecule has 6 rings (SSSR count). The maximum Gasteiger partial charge on any atom is 0.253 e. The summed E-state index contributed by atoms with van der Waals surface area (Å²) in [6.07, 6.45) is 2.74. The minimum absolute atomic E-state index is 0. The highest BCUT2D eigenvalue weighted by Gasteiger charge is 2.48. The van der Waals surface area contributed by atoms with E-state index in [9.17, 15) is 9.59 Å². The van der Waals surface area contributed by atoms with Gasteiger partial charge in [-0.2, -0.15) is 0 Å². The fourth-order valence-electron chi connectivity index (χ4n) is 6.92. The molecule has 2 atom stereocenters. The predicted molar refractivity (Wildman–Crippen MR) is 175 cm³/mol.